The molecule has 0 saturated carbocycles. The van der Waals surface area contributed by atoms with E-state index in [9.17, 15) is 9.90 Å². The van der Waals surface area contributed by atoms with Crippen LogP contribution in [0.15, 0.2) is 30.6 Å². The summed E-state index contributed by atoms with van der Waals surface area (Å²) in [6.45, 7) is 0.0518. The molecule has 3 N–H and O–H groups in total. The van der Waals surface area contributed by atoms with Gasteiger partial charge in [0.05, 0.1) is 26.0 Å². The van der Waals surface area contributed by atoms with Crippen molar-refractivity contribution in [2.24, 2.45) is 0 Å². The monoisotopic (exact) mass is 329 g/mol. The van der Waals surface area contributed by atoms with E-state index < -0.39 is 11.5 Å². The Hall–Kier alpha value is -2.67. The fourth-order valence-electron chi connectivity index (χ4n) is 2.97. The van der Waals surface area contributed by atoms with Crippen molar-refractivity contribution < 1.29 is 19.7 Å². The summed E-state index contributed by atoms with van der Waals surface area (Å²) in [5, 5.41) is 22.9. The first kappa shape index (κ1) is 16.2. The van der Waals surface area contributed by atoms with Gasteiger partial charge in [-0.3, -0.25) is 4.79 Å². The normalized spacial score (nSPS) is 19.4. The molecule has 0 bridgehead atoms. The molecular formula is C17H19N3O4. The topological polar surface area (TPSA) is 105 Å². The molecule has 1 aromatic heterocycles. The second-order valence-corrected chi connectivity index (χ2v) is 5.86. The summed E-state index contributed by atoms with van der Waals surface area (Å²) in [5.41, 5.74) is 0.675. The number of hydrogen-bond donors (Lipinski definition) is 3. The second-order valence-electron chi connectivity index (χ2n) is 5.86. The number of benzene rings is 1. The van der Waals surface area contributed by atoms with Crippen molar-refractivity contribution in [3.8, 4) is 11.5 Å². The van der Waals surface area contributed by atoms with Gasteiger partial charge in [0.1, 0.15) is 11.4 Å². The molecule has 0 fully saturated rings. The minimum atomic E-state index is -1.16. The van der Waals surface area contributed by atoms with Crippen LogP contribution in [-0.4, -0.2) is 39.7 Å². The number of aromatic hydroxyl groups is 1. The predicted molar refractivity (Wildman–Crippen MR) is 85.9 cm³/mol. The fraction of sp³-hybridized carbons (Fsp3) is 0.353. The average molecular weight is 329 g/mol. The molecule has 7 nitrogen and oxygen atoms in total. The lowest BCUT2D eigenvalue weighted by Crippen LogP contribution is -2.43. The van der Waals surface area contributed by atoms with Gasteiger partial charge in [-0.05, 0) is 42.5 Å². The minimum Gasteiger partial charge on any atom is -0.505 e. The summed E-state index contributed by atoms with van der Waals surface area (Å²) >= 11 is 0. The van der Waals surface area contributed by atoms with Crippen LogP contribution in [0.2, 0.25) is 0 Å². The van der Waals surface area contributed by atoms with Crippen molar-refractivity contribution in [3.63, 3.8) is 0 Å². The van der Waals surface area contributed by atoms with E-state index in [2.05, 4.69) is 15.3 Å². The highest BCUT2D eigenvalue weighted by molar-refractivity contribution is 5.90. The molecule has 1 aliphatic rings. The highest BCUT2D eigenvalue weighted by Gasteiger charge is 2.35. The lowest BCUT2D eigenvalue weighted by atomic mass is 9.79. The smallest absolute Gasteiger partial charge is 0.289 e. The minimum absolute atomic E-state index is 0.0518. The van der Waals surface area contributed by atoms with Gasteiger partial charge in [-0.1, -0.05) is 6.07 Å². The molecule has 0 radical (unpaired) electrons. The van der Waals surface area contributed by atoms with Crippen LogP contribution in [0.3, 0.4) is 0 Å². The number of hydrogen-bond acceptors (Lipinski definition) is 6. The molecule has 0 saturated heterocycles. The quantitative estimate of drug-likeness (QED) is 0.777. The van der Waals surface area contributed by atoms with Gasteiger partial charge in [0.25, 0.3) is 5.91 Å². The lowest BCUT2D eigenvalue weighted by molar-refractivity contribution is 0.0186. The number of carbonyl (C=O) groups excluding carboxylic acids is 1. The van der Waals surface area contributed by atoms with Crippen molar-refractivity contribution in [2.75, 3.05) is 13.7 Å². The van der Waals surface area contributed by atoms with E-state index in [0.29, 0.717) is 12.2 Å². The first-order valence-corrected chi connectivity index (χ1v) is 7.71. The molecule has 0 aliphatic heterocycles. The SMILES string of the molecule is COc1ccc2c(c1)C(O)(CNC(=O)c1ncc(O)cn1)CCC2. The number of aromatic nitrogens is 2. The Kier molecular flexibility index (Phi) is 4.35. The van der Waals surface area contributed by atoms with Crippen LogP contribution in [-0.2, 0) is 12.0 Å². The zero-order chi connectivity index (χ0) is 17.2. The zero-order valence-corrected chi connectivity index (χ0v) is 13.3. The van der Waals surface area contributed by atoms with E-state index in [1.54, 1.807) is 7.11 Å². The van der Waals surface area contributed by atoms with Crippen molar-refractivity contribution in [3.05, 3.63) is 47.5 Å². The average Bonchev–Trinajstić information content (AvgIpc) is 2.60. The van der Waals surface area contributed by atoms with Crippen molar-refractivity contribution in [1.82, 2.24) is 15.3 Å². The molecule has 3 rings (SSSR count). The van der Waals surface area contributed by atoms with Gasteiger partial charge in [-0.2, -0.15) is 0 Å². The molecule has 0 spiro atoms. The zero-order valence-electron chi connectivity index (χ0n) is 13.3. The third kappa shape index (κ3) is 3.16. The van der Waals surface area contributed by atoms with Crippen LogP contribution in [0.1, 0.15) is 34.6 Å². The predicted octanol–water partition coefficient (Wildman–Crippen LogP) is 1.14. The number of carbonyl (C=O) groups is 1. The third-order valence-corrected chi connectivity index (χ3v) is 4.24. The van der Waals surface area contributed by atoms with E-state index >= 15 is 0 Å². The number of nitrogens with zero attached hydrogens (tertiary/aromatic N) is 2. The maximum Gasteiger partial charge on any atom is 0.289 e. The third-order valence-electron chi connectivity index (χ3n) is 4.24. The van der Waals surface area contributed by atoms with Gasteiger partial charge >= 0.3 is 0 Å². The Morgan fingerprint density at radius 1 is 1.38 bits per heavy atom. The van der Waals surface area contributed by atoms with Crippen LogP contribution < -0.4 is 10.1 Å². The summed E-state index contributed by atoms with van der Waals surface area (Å²) < 4.78 is 5.24. The van der Waals surface area contributed by atoms with Crippen molar-refractivity contribution >= 4 is 5.91 Å². The van der Waals surface area contributed by atoms with Gasteiger partial charge in [-0.25, -0.2) is 9.97 Å². The number of nitrogens with one attached hydrogen (secondary N) is 1. The molecule has 1 atom stereocenters. The standard InChI is InChI=1S/C17H19N3O4/c1-24-13-5-4-11-3-2-6-17(23,14(11)7-13)10-20-16(22)15-18-8-12(21)9-19-15/h4-5,7-9,21,23H,2-3,6,10H2,1H3,(H,20,22). The van der Waals surface area contributed by atoms with Crippen LogP contribution >= 0.6 is 0 Å². The summed E-state index contributed by atoms with van der Waals surface area (Å²) in [7, 11) is 1.58. The molecule has 1 aromatic carbocycles. The van der Waals surface area contributed by atoms with E-state index in [-0.39, 0.29) is 18.1 Å². The Morgan fingerprint density at radius 3 is 2.83 bits per heavy atom. The number of ether oxygens (including phenoxy) is 1. The number of aryl methyl sites for hydroxylation is 1. The highest BCUT2D eigenvalue weighted by Crippen LogP contribution is 2.36. The molecule has 1 aliphatic carbocycles. The summed E-state index contributed by atoms with van der Waals surface area (Å²) in [6.07, 6.45) is 4.57. The molecule has 1 heterocycles. The Labute approximate surface area is 139 Å². The maximum absolute atomic E-state index is 12.1. The van der Waals surface area contributed by atoms with Gasteiger partial charge in [0.2, 0.25) is 5.82 Å². The van der Waals surface area contributed by atoms with E-state index in [1.165, 1.54) is 0 Å². The second kappa shape index (κ2) is 6.45. The number of amides is 1. The van der Waals surface area contributed by atoms with E-state index in [1.807, 2.05) is 18.2 Å². The number of rotatable bonds is 4. The molecule has 7 heteroatoms. The lowest BCUT2D eigenvalue weighted by Gasteiger charge is -2.34. The molecule has 24 heavy (non-hydrogen) atoms. The van der Waals surface area contributed by atoms with Crippen LogP contribution in [0, 0.1) is 0 Å². The molecule has 2 aromatic rings. The number of aliphatic hydroxyl groups is 1. The van der Waals surface area contributed by atoms with E-state index in [0.717, 1.165) is 36.4 Å². The Morgan fingerprint density at radius 2 is 2.12 bits per heavy atom. The van der Waals surface area contributed by atoms with Crippen LogP contribution in [0.5, 0.6) is 11.5 Å². The van der Waals surface area contributed by atoms with Gasteiger partial charge in [0.15, 0.2) is 5.75 Å². The molecule has 1 amide bonds. The molecule has 126 valence electrons. The highest BCUT2D eigenvalue weighted by atomic mass is 16.5. The maximum atomic E-state index is 12.1. The Bertz CT molecular complexity index is 748. The number of methoxy groups -OCH3 is 1. The fourth-order valence-corrected chi connectivity index (χ4v) is 2.97. The van der Waals surface area contributed by atoms with Crippen molar-refractivity contribution in [1.29, 1.82) is 0 Å². The molecular weight excluding hydrogens is 310 g/mol. The summed E-state index contributed by atoms with van der Waals surface area (Å²) in [4.78, 5) is 19.6. The summed E-state index contributed by atoms with van der Waals surface area (Å²) in [5.74, 6) is -0.00253. The van der Waals surface area contributed by atoms with Gasteiger partial charge in [-0.15, -0.1) is 0 Å². The largest absolute Gasteiger partial charge is 0.505 e. The van der Waals surface area contributed by atoms with Crippen molar-refractivity contribution in [2.45, 2.75) is 24.9 Å². The Balaban J connectivity index is 1.77. The molecule has 1 unspecified atom stereocenters. The first-order chi connectivity index (χ1) is 11.5. The van der Waals surface area contributed by atoms with Crippen LogP contribution in [0.25, 0.3) is 0 Å². The van der Waals surface area contributed by atoms with Gasteiger partial charge in [0, 0.05) is 0 Å². The van der Waals surface area contributed by atoms with Gasteiger partial charge < -0.3 is 20.3 Å². The van der Waals surface area contributed by atoms with Crippen LogP contribution in [0.4, 0.5) is 0 Å². The van der Waals surface area contributed by atoms with E-state index in [4.69, 9.17) is 9.84 Å². The first-order valence-electron chi connectivity index (χ1n) is 7.71. The summed E-state index contributed by atoms with van der Waals surface area (Å²) in [6, 6.07) is 5.63. The number of fused-ring (bicyclic) bond motifs is 1.